The molecule has 162 valence electrons. The first-order chi connectivity index (χ1) is 15.4. The van der Waals surface area contributed by atoms with Crippen molar-refractivity contribution in [3.8, 4) is 5.75 Å². The fourth-order valence-electron chi connectivity index (χ4n) is 3.78. The molecular weight excluding hydrogens is 414 g/mol. The summed E-state index contributed by atoms with van der Waals surface area (Å²) in [7, 11) is 3.13. The van der Waals surface area contributed by atoms with E-state index in [9.17, 15) is 18.4 Å². The van der Waals surface area contributed by atoms with E-state index in [2.05, 4.69) is 0 Å². The van der Waals surface area contributed by atoms with Crippen molar-refractivity contribution in [2.45, 2.75) is 6.54 Å². The van der Waals surface area contributed by atoms with Crippen molar-refractivity contribution in [1.82, 2.24) is 4.90 Å². The molecule has 3 aromatic rings. The van der Waals surface area contributed by atoms with Gasteiger partial charge in [-0.25, -0.2) is 13.7 Å². The van der Waals surface area contributed by atoms with E-state index >= 15 is 0 Å². The lowest BCUT2D eigenvalue weighted by Gasteiger charge is -2.22. The predicted molar refractivity (Wildman–Crippen MR) is 117 cm³/mol. The number of hydrogen-bond donors (Lipinski definition) is 0. The minimum absolute atomic E-state index is 0.0644. The zero-order valence-corrected chi connectivity index (χ0v) is 17.5. The van der Waals surface area contributed by atoms with Gasteiger partial charge in [0.2, 0.25) is 0 Å². The van der Waals surface area contributed by atoms with Crippen molar-refractivity contribution in [3.63, 3.8) is 0 Å². The van der Waals surface area contributed by atoms with Crippen LogP contribution in [0.3, 0.4) is 0 Å². The van der Waals surface area contributed by atoms with Crippen LogP contribution in [0.1, 0.15) is 11.1 Å². The standard InChI is InChI=1S/C25H20F2N2O3/c1-28(15-16-8-4-3-5-9-16)23-22(18-10-6-7-11-21(18)32-2)24(30)29(25(23)31)20-14-17(26)12-13-19(20)27/h3-14H,15H2,1-2H3. The molecule has 0 fully saturated rings. The monoisotopic (exact) mass is 434 g/mol. The quantitative estimate of drug-likeness (QED) is 0.540. The van der Waals surface area contributed by atoms with E-state index in [-0.39, 0.29) is 11.3 Å². The van der Waals surface area contributed by atoms with Crippen LogP contribution >= 0.6 is 0 Å². The molecule has 32 heavy (non-hydrogen) atoms. The summed E-state index contributed by atoms with van der Waals surface area (Å²) in [5, 5.41) is 0. The number of nitrogens with zero attached hydrogens (tertiary/aromatic N) is 2. The molecule has 0 aliphatic carbocycles. The number of imide groups is 1. The highest BCUT2D eigenvalue weighted by molar-refractivity contribution is 6.45. The summed E-state index contributed by atoms with van der Waals surface area (Å²) in [6.45, 7) is 0.327. The molecule has 0 bridgehead atoms. The fraction of sp³-hybridized carbons (Fsp3) is 0.120. The first-order valence-electron chi connectivity index (χ1n) is 9.89. The summed E-state index contributed by atoms with van der Waals surface area (Å²) >= 11 is 0. The van der Waals surface area contributed by atoms with Gasteiger partial charge in [0.1, 0.15) is 23.1 Å². The Morgan fingerprint density at radius 1 is 0.906 bits per heavy atom. The number of amides is 2. The van der Waals surface area contributed by atoms with Gasteiger partial charge in [0.05, 0.1) is 18.4 Å². The summed E-state index contributed by atoms with van der Waals surface area (Å²) in [6.07, 6.45) is 0. The number of ether oxygens (including phenoxy) is 1. The van der Waals surface area contributed by atoms with Crippen molar-refractivity contribution >= 4 is 23.1 Å². The van der Waals surface area contributed by atoms with E-state index in [0.29, 0.717) is 22.8 Å². The molecular formula is C25H20F2N2O3. The Hall–Kier alpha value is -4.00. The zero-order chi connectivity index (χ0) is 22.8. The zero-order valence-electron chi connectivity index (χ0n) is 17.5. The van der Waals surface area contributed by atoms with Crippen LogP contribution in [0.15, 0.2) is 78.5 Å². The molecule has 0 unspecified atom stereocenters. The number of carbonyl (C=O) groups excluding carboxylic acids is 2. The highest BCUT2D eigenvalue weighted by Gasteiger charge is 2.43. The molecule has 1 aliphatic rings. The first kappa shape index (κ1) is 21.2. The van der Waals surface area contributed by atoms with Crippen molar-refractivity contribution < 1.29 is 23.1 Å². The second-order valence-electron chi connectivity index (χ2n) is 7.31. The summed E-state index contributed by atoms with van der Waals surface area (Å²) in [4.78, 5) is 29.3. The number of carbonyl (C=O) groups is 2. The van der Waals surface area contributed by atoms with Crippen LogP contribution in [0, 0.1) is 11.6 Å². The van der Waals surface area contributed by atoms with Crippen molar-refractivity contribution in [1.29, 1.82) is 0 Å². The van der Waals surface area contributed by atoms with Gasteiger partial charge < -0.3 is 9.64 Å². The average Bonchev–Trinajstić information content (AvgIpc) is 3.06. The molecule has 0 saturated heterocycles. The normalized spacial score (nSPS) is 13.7. The van der Waals surface area contributed by atoms with E-state index in [1.165, 1.54) is 7.11 Å². The van der Waals surface area contributed by atoms with E-state index in [4.69, 9.17) is 4.74 Å². The van der Waals surface area contributed by atoms with E-state index in [0.717, 1.165) is 23.8 Å². The third-order valence-electron chi connectivity index (χ3n) is 5.23. The first-order valence-corrected chi connectivity index (χ1v) is 9.89. The van der Waals surface area contributed by atoms with E-state index in [1.54, 1.807) is 36.2 Å². The highest BCUT2D eigenvalue weighted by atomic mass is 19.1. The van der Waals surface area contributed by atoms with Gasteiger partial charge in [0.25, 0.3) is 11.8 Å². The molecule has 0 spiro atoms. The van der Waals surface area contributed by atoms with Gasteiger partial charge in [-0.1, -0.05) is 48.5 Å². The molecule has 7 heteroatoms. The Balaban J connectivity index is 1.87. The van der Waals surface area contributed by atoms with Crippen molar-refractivity contribution in [2.24, 2.45) is 0 Å². The van der Waals surface area contributed by atoms with E-state index in [1.807, 2.05) is 30.3 Å². The molecule has 4 rings (SSSR count). The van der Waals surface area contributed by atoms with Crippen LogP contribution in [-0.2, 0) is 16.1 Å². The number of hydrogen-bond acceptors (Lipinski definition) is 4. The van der Waals surface area contributed by atoms with Crippen LogP contribution in [0.2, 0.25) is 0 Å². The Morgan fingerprint density at radius 2 is 1.59 bits per heavy atom. The summed E-state index contributed by atoms with van der Waals surface area (Å²) in [5.41, 5.74) is 1.01. The smallest absolute Gasteiger partial charge is 0.282 e. The van der Waals surface area contributed by atoms with Crippen LogP contribution in [0.4, 0.5) is 14.5 Å². The Labute approximate surface area is 184 Å². The molecule has 0 saturated carbocycles. The van der Waals surface area contributed by atoms with E-state index < -0.39 is 29.1 Å². The van der Waals surface area contributed by atoms with Gasteiger partial charge in [-0.15, -0.1) is 0 Å². The van der Waals surface area contributed by atoms with Crippen molar-refractivity contribution in [2.75, 3.05) is 19.1 Å². The second kappa shape index (κ2) is 8.63. The lowest BCUT2D eigenvalue weighted by molar-refractivity contribution is -0.120. The Kier molecular flexibility index (Phi) is 5.73. The third-order valence-corrected chi connectivity index (χ3v) is 5.23. The summed E-state index contributed by atoms with van der Waals surface area (Å²) in [5.74, 6) is -2.74. The number of methoxy groups -OCH3 is 1. The maximum atomic E-state index is 14.5. The van der Waals surface area contributed by atoms with Gasteiger partial charge in [-0.05, 0) is 23.8 Å². The summed E-state index contributed by atoms with van der Waals surface area (Å²) in [6, 6.07) is 18.8. The predicted octanol–water partition coefficient (Wildman–Crippen LogP) is 4.39. The van der Waals surface area contributed by atoms with Gasteiger partial charge in [-0.2, -0.15) is 0 Å². The lowest BCUT2D eigenvalue weighted by atomic mass is 10.0. The second-order valence-corrected chi connectivity index (χ2v) is 7.31. The molecule has 1 aliphatic heterocycles. The molecule has 1 heterocycles. The minimum Gasteiger partial charge on any atom is -0.496 e. The van der Waals surface area contributed by atoms with Gasteiger partial charge >= 0.3 is 0 Å². The highest BCUT2D eigenvalue weighted by Crippen LogP contribution is 2.39. The van der Waals surface area contributed by atoms with Crippen LogP contribution in [0.5, 0.6) is 5.75 Å². The number of likely N-dealkylation sites (N-methyl/N-ethyl adjacent to an activating group) is 1. The Morgan fingerprint density at radius 3 is 2.31 bits per heavy atom. The van der Waals surface area contributed by atoms with Crippen LogP contribution < -0.4 is 9.64 Å². The largest absolute Gasteiger partial charge is 0.496 e. The lowest BCUT2D eigenvalue weighted by Crippen LogP contribution is -2.34. The SMILES string of the molecule is COc1ccccc1C1=C(N(C)Cc2ccccc2)C(=O)N(c2cc(F)ccc2F)C1=O. The summed E-state index contributed by atoms with van der Waals surface area (Å²) < 4.78 is 33.8. The molecule has 3 aromatic carbocycles. The molecule has 0 aromatic heterocycles. The number of rotatable bonds is 6. The van der Waals surface area contributed by atoms with Gasteiger partial charge in [0.15, 0.2) is 0 Å². The maximum Gasteiger partial charge on any atom is 0.282 e. The van der Waals surface area contributed by atoms with Gasteiger partial charge in [0, 0.05) is 25.2 Å². The fourth-order valence-corrected chi connectivity index (χ4v) is 3.78. The topological polar surface area (TPSA) is 49.9 Å². The molecule has 5 nitrogen and oxygen atoms in total. The molecule has 0 radical (unpaired) electrons. The molecule has 0 atom stereocenters. The number of para-hydroxylation sites is 1. The van der Waals surface area contributed by atoms with Crippen LogP contribution in [-0.4, -0.2) is 30.9 Å². The van der Waals surface area contributed by atoms with Crippen molar-refractivity contribution in [3.05, 3.63) is 101 Å². The number of benzene rings is 3. The van der Waals surface area contributed by atoms with Crippen LogP contribution in [0.25, 0.3) is 5.57 Å². The Bertz CT molecular complexity index is 1220. The third kappa shape index (κ3) is 3.73. The number of anilines is 1. The minimum atomic E-state index is -0.876. The average molecular weight is 434 g/mol. The number of halogens is 2. The maximum absolute atomic E-state index is 14.5. The molecule has 2 amide bonds. The molecule has 0 N–H and O–H groups in total. The van der Waals surface area contributed by atoms with Gasteiger partial charge in [-0.3, -0.25) is 9.59 Å².